The van der Waals surface area contributed by atoms with Crippen molar-refractivity contribution in [3.05, 3.63) is 35.4 Å². The van der Waals surface area contributed by atoms with E-state index in [4.69, 9.17) is 0 Å². The van der Waals surface area contributed by atoms with E-state index in [9.17, 15) is 13.6 Å². The van der Waals surface area contributed by atoms with Crippen molar-refractivity contribution in [3.63, 3.8) is 0 Å². The Morgan fingerprint density at radius 2 is 2.00 bits per heavy atom. The highest BCUT2D eigenvalue weighted by Crippen LogP contribution is 2.11. The predicted molar refractivity (Wildman–Crippen MR) is 70.8 cm³/mol. The first kappa shape index (κ1) is 15.6. The molecule has 3 nitrogen and oxygen atoms in total. The molecule has 1 aromatic rings. The van der Waals surface area contributed by atoms with E-state index in [2.05, 4.69) is 10.6 Å². The maximum Gasteiger partial charge on any atom is 0.220 e. The molecule has 0 aliphatic heterocycles. The molecule has 1 rings (SSSR count). The second-order valence-corrected chi connectivity index (χ2v) is 4.31. The molecule has 1 aromatic carbocycles. The highest BCUT2D eigenvalue weighted by atomic mass is 19.2. The molecule has 0 aromatic heterocycles. The standard InChI is InChI=1S/C14H20F2N2O/c1-2-17-8-9-18-14(19)5-3-4-11-6-7-12(15)13(16)10-11/h6-7,10,17H,2-5,8-9H2,1H3,(H,18,19). The monoisotopic (exact) mass is 270 g/mol. The summed E-state index contributed by atoms with van der Waals surface area (Å²) in [7, 11) is 0. The minimum atomic E-state index is -0.843. The average molecular weight is 270 g/mol. The van der Waals surface area contributed by atoms with Gasteiger partial charge >= 0.3 is 0 Å². The van der Waals surface area contributed by atoms with E-state index >= 15 is 0 Å². The molecule has 19 heavy (non-hydrogen) atoms. The van der Waals surface area contributed by atoms with Crippen molar-refractivity contribution >= 4 is 5.91 Å². The summed E-state index contributed by atoms with van der Waals surface area (Å²) >= 11 is 0. The number of nitrogens with one attached hydrogen (secondary N) is 2. The fourth-order valence-electron chi connectivity index (χ4n) is 1.70. The fraction of sp³-hybridized carbons (Fsp3) is 0.500. The Labute approximate surface area is 112 Å². The summed E-state index contributed by atoms with van der Waals surface area (Å²) in [5.74, 6) is -1.70. The summed E-state index contributed by atoms with van der Waals surface area (Å²) in [6, 6.07) is 3.83. The molecule has 106 valence electrons. The predicted octanol–water partition coefficient (Wildman–Crippen LogP) is 2.01. The van der Waals surface area contributed by atoms with Crippen LogP contribution in [0.2, 0.25) is 0 Å². The number of rotatable bonds is 8. The van der Waals surface area contributed by atoms with Crippen LogP contribution in [0.15, 0.2) is 18.2 Å². The van der Waals surface area contributed by atoms with Gasteiger partial charge in [-0.3, -0.25) is 4.79 Å². The largest absolute Gasteiger partial charge is 0.355 e. The Morgan fingerprint density at radius 3 is 2.68 bits per heavy atom. The second kappa shape index (κ2) is 8.58. The van der Waals surface area contributed by atoms with Crippen LogP contribution in [-0.4, -0.2) is 25.5 Å². The zero-order valence-electron chi connectivity index (χ0n) is 11.1. The minimum Gasteiger partial charge on any atom is -0.355 e. The quantitative estimate of drug-likeness (QED) is 0.710. The van der Waals surface area contributed by atoms with Gasteiger partial charge in [-0.25, -0.2) is 8.78 Å². The molecule has 0 saturated carbocycles. The lowest BCUT2D eigenvalue weighted by molar-refractivity contribution is -0.121. The van der Waals surface area contributed by atoms with Crippen molar-refractivity contribution in [3.8, 4) is 0 Å². The van der Waals surface area contributed by atoms with Gasteiger partial charge in [0.25, 0.3) is 0 Å². The normalized spacial score (nSPS) is 10.5. The van der Waals surface area contributed by atoms with Crippen LogP contribution in [0.1, 0.15) is 25.3 Å². The van der Waals surface area contributed by atoms with E-state index in [1.807, 2.05) is 6.92 Å². The van der Waals surface area contributed by atoms with E-state index < -0.39 is 11.6 Å². The average Bonchev–Trinajstić information content (AvgIpc) is 2.39. The van der Waals surface area contributed by atoms with Crippen molar-refractivity contribution in [2.75, 3.05) is 19.6 Å². The number of hydrogen-bond acceptors (Lipinski definition) is 2. The van der Waals surface area contributed by atoms with Crippen LogP contribution in [0.3, 0.4) is 0 Å². The molecule has 0 atom stereocenters. The Kier molecular flexibility index (Phi) is 7.03. The van der Waals surface area contributed by atoms with Gasteiger partial charge < -0.3 is 10.6 Å². The maximum absolute atomic E-state index is 12.9. The lowest BCUT2D eigenvalue weighted by Crippen LogP contribution is -2.31. The first-order chi connectivity index (χ1) is 9.13. The first-order valence-electron chi connectivity index (χ1n) is 6.54. The number of halogens is 2. The van der Waals surface area contributed by atoms with E-state index in [1.54, 1.807) is 6.07 Å². The van der Waals surface area contributed by atoms with Gasteiger partial charge in [0, 0.05) is 19.5 Å². The number of aryl methyl sites for hydroxylation is 1. The summed E-state index contributed by atoms with van der Waals surface area (Å²) in [5, 5.41) is 5.89. The molecule has 0 bridgehead atoms. The highest BCUT2D eigenvalue weighted by Gasteiger charge is 2.04. The second-order valence-electron chi connectivity index (χ2n) is 4.31. The van der Waals surface area contributed by atoms with Gasteiger partial charge in [-0.05, 0) is 37.1 Å². The molecule has 0 spiro atoms. The van der Waals surface area contributed by atoms with Crippen LogP contribution in [-0.2, 0) is 11.2 Å². The molecule has 1 amide bonds. The maximum atomic E-state index is 12.9. The summed E-state index contributed by atoms with van der Waals surface area (Å²) in [6.45, 7) is 4.25. The summed E-state index contributed by atoms with van der Waals surface area (Å²) in [6.07, 6.45) is 1.58. The van der Waals surface area contributed by atoms with Crippen molar-refractivity contribution in [2.45, 2.75) is 26.2 Å². The Bertz CT molecular complexity index is 410. The van der Waals surface area contributed by atoms with Crippen LogP contribution in [0.25, 0.3) is 0 Å². The fourth-order valence-corrected chi connectivity index (χ4v) is 1.70. The molecule has 5 heteroatoms. The van der Waals surface area contributed by atoms with E-state index in [-0.39, 0.29) is 5.91 Å². The van der Waals surface area contributed by atoms with Gasteiger partial charge in [-0.1, -0.05) is 13.0 Å². The SMILES string of the molecule is CCNCCNC(=O)CCCc1ccc(F)c(F)c1. The summed E-state index contributed by atoms with van der Waals surface area (Å²) in [5.41, 5.74) is 0.708. The third-order valence-electron chi connectivity index (χ3n) is 2.73. The summed E-state index contributed by atoms with van der Waals surface area (Å²) in [4.78, 5) is 11.4. The minimum absolute atomic E-state index is 0.0134. The molecular weight excluding hydrogens is 250 g/mol. The van der Waals surface area contributed by atoms with E-state index in [0.717, 1.165) is 19.2 Å². The van der Waals surface area contributed by atoms with Crippen LogP contribution >= 0.6 is 0 Å². The molecule has 0 unspecified atom stereocenters. The van der Waals surface area contributed by atoms with Crippen molar-refractivity contribution in [1.82, 2.24) is 10.6 Å². The van der Waals surface area contributed by atoms with Gasteiger partial charge in [0.05, 0.1) is 0 Å². The number of carbonyl (C=O) groups excluding carboxylic acids is 1. The molecule has 0 saturated heterocycles. The van der Waals surface area contributed by atoms with Gasteiger partial charge in [0.15, 0.2) is 11.6 Å². The number of likely N-dealkylation sites (N-methyl/N-ethyl adjacent to an activating group) is 1. The van der Waals surface area contributed by atoms with Gasteiger partial charge in [-0.15, -0.1) is 0 Å². The van der Waals surface area contributed by atoms with Crippen LogP contribution < -0.4 is 10.6 Å². The first-order valence-corrected chi connectivity index (χ1v) is 6.54. The van der Waals surface area contributed by atoms with Crippen LogP contribution in [0, 0.1) is 11.6 Å². The number of benzene rings is 1. The van der Waals surface area contributed by atoms with E-state index in [1.165, 1.54) is 6.07 Å². The number of hydrogen-bond donors (Lipinski definition) is 2. The molecule has 0 aliphatic rings. The highest BCUT2D eigenvalue weighted by molar-refractivity contribution is 5.75. The van der Waals surface area contributed by atoms with Crippen molar-refractivity contribution < 1.29 is 13.6 Å². The van der Waals surface area contributed by atoms with Crippen molar-refractivity contribution in [1.29, 1.82) is 0 Å². The molecule has 2 N–H and O–H groups in total. The molecular formula is C14H20F2N2O. The Morgan fingerprint density at radius 1 is 1.21 bits per heavy atom. The lowest BCUT2D eigenvalue weighted by Gasteiger charge is -2.06. The van der Waals surface area contributed by atoms with E-state index in [0.29, 0.717) is 31.4 Å². The number of amides is 1. The zero-order valence-corrected chi connectivity index (χ0v) is 11.1. The molecule has 0 fully saturated rings. The smallest absolute Gasteiger partial charge is 0.220 e. The number of carbonyl (C=O) groups is 1. The van der Waals surface area contributed by atoms with Crippen LogP contribution in [0.5, 0.6) is 0 Å². The topological polar surface area (TPSA) is 41.1 Å². The molecule has 0 aliphatic carbocycles. The van der Waals surface area contributed by atoms with Gasteiger partial charge in [0.2, 0.25) is 5.91 Å². The third-order valence-corrected chi connectivity index (χ3v) is 2.73. The lowest BCUT2D eigenvalue weighted by atomic mass is 10.1. The van der Waals surface area contributed by atoms with Gasteiger partial charge in [0.1, 0.15) is 0 Å². The van der Waals surface area contributed by atoms with Gasteiger partial charge in [-0.2, -0.15) is 0 Å². The molecule has 0 heterocycles. The third kappa shape index (κ3) is 6.29. The Balaban J connectivity index is 2.18. The zero-order chi connectivity index (χ0) is 14.1. The van der Waals surface area contributed by atoms with Crippen LogP contribution in [0.4, 0.5) is 8.78 Å². The summed E-state index contributed by atoms with van der Waals surface area (Å²) < 4.78 is 25.6. The van der Waals surface area contributed by atoms with Crippen molar-refractivity contribution in [2.24, 2.45) is 0 Å². The Hall–Kier alpha value is -1.49. The molecule has 0 radical (unpaired) electrons.